The number of fused-ring (bicyclic) bond motifs is 1. The van der Waals surface area contributed by atoms with Gasteiger partial charge in [0.2, 0.25) is 0 Å². The lowest BCUT2D eigenvalue weighted by Crippen LogP contribution is -2.29. The van der Waals surface area contributed by atoms with E-state index in [1.165, 1.54) is 23.8 Å². The van der Waals surface area contributed by atoms with Gasteiger partial charge in [0.05, 0.1) is 17.8 Å². The first kappa shape index (κ1) is 19.7. The predicted octanol–water partition coefficient (Wildman–Crippen LogP) is 3.19. The van der Waals surface area contributed by atoms with Crippen molar-refractivity contribution in [2.24, 2.45) is 0 Å². The lowest BCUT2D eigenvalue weighted by Gasteiger charge is -2.25. The first-order valence-corrected chi connectivity index (χ1v) is 10.4. The molecule has 1 atom stereocenters. The highest BCUT2D eigenvalue weighted by atomic mass is 15.2. The maximum absolute atomic E-state index is 4.95. The number of nitrogens with one attached hydrogen (secondary N) is 1. The van der Waals surface area contributed by atoms with E-state index in [1.54, 1.807) is 0 Å². The lowest BCUT2D eigenvalue weighted by molar-refractivity contribution is 0.310. The van der Waals surface area contributed by atoms with Crippen molar-refractivity contribution in [3.63, 3.8) is 0 Å². The van der Waals surface area contributed by atoms with Crippen LogP contribution in [0.5, 0.6) is 0 Å². The van der Waals surface area contributed by atoms with E-state index < -0.39 is 0 Å². The van der Waals surface area contributed by atoms with Crippen LogP contribution >= 0.6 is 0 Å². The Kier molecular flexibility index (Phi) is 6.02. The van der Waals surface area contributed by atoms with Gasteiger partial charge in [0.25, 0.3) is 0 Å². The molecule has 1 N–H and O–H groups in total. The number of aromatic nitrogens is 3. The largest absolute Gasteiger partial charge is 0.363 e. The van der Waals surface area contributed by atoms with Crippen LogP contribution in [0, 0.1) is 0 Å². The second kappa shape index (κ2) is 8.84. The van der Waals surface area contributed by atoms with Gasteiger partial charge in [-0.2, -0.15) is 0 Å². The van der Waals surface area contributed by atoms with Crippen LogP contribution in [0.2, 0.25) is 0 Å². The molecule has 2 aromatic heterocycles. The smallest absolute Gasteiger partial charge is 0.144 e. The average molecular weight is 391 g/mol. The summed E-state index contributed by atoms with van der Waals surface area (Å²) in [7, 11) is 6.21. The molecule has 6 nitrogen and oxygen atoms in total. The van der Waals surface area contributed by atoms with Gasteiger partial charge >= 0.3 is 0 Å². The fourth-order valence-corrected chi connectivity index (χ4v) is 4.01. The highest BCUT2D eigenvalue weighted by Crippen LogP contribution is 2.25. The Morgan fingerprint density at radius 1 is 1.07 bits per heavy atom. The minimum absolute atomic E-state index is 0.471. The first-order chi connectivity index (χ1) is 14.1. The number of hydrogen-bond acceptors (Lipinski definition) is 6. The van der Waals surface area contributed by atoms with E-state index in [4.69, 9.17) is 9.97 Å². The van der Waals surface area contributed by atoms with Crippen LogP contribution in [-0.2, 0) is 13.1 Å². The van der Waals surface area contributed by atoms with E-state index in [0.717, 1.165) is 42.5 Å². The first-order valence-electron chi connectivity index (χ1n) is 10.4. The maximum Gasteiger partial charge on any atom is 0.144 e. The molecule has 1 saturated heterocycles. The van der Waals surface area contributed by atoms with Crippen molar-refractivity contribution in [3.8, 4) is 0 Å². The topological polar surface area (TPSA) is 57.2 Å². The molecule has 0 bridgehead atoms. The van der Waals surface area contributed by atoms with Gasteiger partial charge < -0.3 is 10.2 Å². The molecule has 3 aromatic rings. The zero-order chi connectivity index (χ0) is 20.2. The molecule has 1 fully saturated rings. The third-order valence-corrected chi connectivity index (χ3v) is 5.54. The van der Waals surface area contributed by atoms with E-state index in [9.17, 15) is 0 Å². The molecule has 1 unspecified atom stereocenters. The Hall–Kier alpha value is -2.57. The molecule has 4 rings (SSSR count). The van der Waals surface area contributed by atoms with Gasteiger partial charge in [-0.25, -0.2) is 9.97 Å². The van der Waals surface area contributed by atoms with Crippen molar-refractivity contribution >= 4 is 16.7 Å². The molecular formula is C23H30N6. The van der Waals surface area contributed by atoms with Crippen LogP contribution in [-0.4, -0.2) is 54.1 Å². The molecule has 0 amide bonds. The van der Waals surface area contributed by atoms with Crippen molar-refractivity contribution in [3.05, 3.63) is 59.7 Å². The predicted molar refractivity (Wildman–Crippen MR) is 118 cm³/mol. The summed E-state index contributed by atoms with van der Waals surface area (Å²) >= 11 is 0. The molecule has 29 heavy (non-hydrogen) atoms. The van der Waals surface area contributed by atoms with E-state index in [0.29, 0.717) is 12.5 Å². The van der Waals surface area contributed by atoms with Crippen molar-refractivity contribution in [1.29, 1.82) is 0 Å². The van der Waals surface area contributed by atoms with Crippen LogP contribution in [0.1, 0.15) is 35.8 Å². The Balaban J connectivity index is 1.55. The summed E-state index contributed by atoms with van der Waals surface area (Å²) in [5.41, 5.74) is 3.48. The molecule has 152 valence electrons. The minimum atomic E-state index is 0.471. The Morgan fingerprint density at radius 2 is 1.97 bits per heavy atom. The van der Waals surface area contributed by atoms with Crippen LogP contribution in [0.3, 0.4) is 0 Å². The summed E-state index contributed by atoms with van der Waals surface area (Å²) in [6, 6.07) is 12.6. The van der Waals surface area contributed by atoms with Crippen molar-refractivity contribution in [2.75, 3.05) is 39.1 Å². The zero-order valence-corrected chi connectivity index (χ0v) is 17.6. The number of rotatable bonds is 6. The monoisotopic (exact) mass is 390 g/mol. The molecular weight excluding hydrogens is 360 g/mol. The van der Waals surface area contributed by atoms with Crippen LogP contribution in [0.4, 0.5) is 5.82 Å². The molecule has 0 saturated carbocycles. The third kappa shape index (κ3) is 4.71. The third-order valence-electron chi connectivity index (χ3n) is 5.54. The summed E-state index contributed by atoms with van der Waals surface area (Å²) < 4.78 is 0. The number of benzene rings is 1. The minimum Gasteiger partial charge on any atom is -0.363 e. The molecule has 6 heteroatoms. The number of anilines is 1. The molecule has 1 aliphatic heterocycles. The summed E-state index contributed by atoms with van der Waals surface area (Å²) in [4.78, 5) is 18.6. The Bertz CT molecular complexity index is 959. The van der Waals surface area contributed by atoms with Crippen molar-refractivity contribution < 1.29 is 0 Å². The van der Waals surface area contributed by atoms with E-state index >= 15 is 0 Å². The molecule has 1 aromatic carbocycles. The van der Waals surface area contributed by atoms with Gasteiger partial charge in [0.1, 0.15) is 11.6 Å². The van der Waals surface area contributed by atoms with Gasteiger partial charge in [-0.3, -0.25) is 9.88 Å². The van der Waals surface area contributed by atoms with Gasteiger partial charge in [-0.05, 0) is 44.1 Å². The SMILES string of the molecule is CN(Cc1nc(C2CCCNC2)cc(N(C)C)n1)Cc1cccc2ncccc12. The van der Waals surface area contributed by atoms with Crippen LogP contribution in [0.15, 0.2) is 42.6 Å². The Labute approximate surface area is 173 Å². The average Bonchev–Trinajstić information content (AvgIpc) is 2.74. The molecule has 0 aliphatic carbocycles. The van der Waals surface area contributed by atoms with E-state index in [1.807, 2.05) is 26.4 Å². The van der Waals surface area contributed by atoms with Gasteiger partial charge in [-0.15, -0.1) is 0 Å². The summed E-state index contributed by atoms with van der Waals surface area (Å²) in [5, 5.41) is 4.71. The number of nitrogens with zero attached hydrogens (tertiary/aromatic N) is 5. The fourth-order valence-electron chi connectivity index (χ4n) is 4.01. The summed E-state index contributed by atoms with van der Waals surface area (Å²) in [5.74, 6) is 2.34. The number of pyridine rings is 1. The summed E-state index contributed by atoms with van der Waals surface area (Å²) in [6.07, 6.45) is 4.24. The molecule has 0 radical (unpaired) electrons. The van der Waals surface area contributed by atoms with Gasteiger partial charge in [-0.1, -0.05) is 18.2 Å². The second-order valence-corrected chi connectivity index (χ2v) is 8.16. The standard InChI is InChI=1S/C23H30N6/c1-28(2)23-13-21(17-8-5-11-24-14-17)26-22(27-23)16-29(3)15-18-7-4-10-20-19(18)9-6-12-25-20/h4,6-7,9-10,12-13,17,24H,5,8,11,14-16H2,1-3H3. The summed E-state index contributed by atoms with van der Waals surface area (Å²) in [6.45, 7) is 3.66. The highest BCUT2D eigenvalue weighted by Gasteiger charge is 2.19. The lowest BCUT2D eigenvalue weighted by atomic mass is 9.96. The zero-order valence-electron chi connectivity index (χ0n) is 17.6. The quantitative estimate of drug-likeness (QED) is 0.698. The number of hydrogen-bond donors (Lipinski definition) is 1. The van der Waals surface area contributed by atoms with E-state index in [-0.39, 0.29) is 0 Å². The highest BCUT2D eigenvalue weighted by molar-refractivity contribution is 5.81. The van der Waals surface area contributed by atoms with Gasteiger partial charge in [0.15, 0.2) is 0 Å². The second-order valence-electron chi connectivity index (χ2n) is 8.16. The maximum atomic E-state index is 4.95. The van der Waals surface area contributed by atoms with Crippen molar-refractivity contribution in [1.82, 2.24) is 25.2 Å². The number of piperidine rings is 1. The van der Waals surface area contributed by atoms with Crippen LogP contribution in [0.25, 0.3) is 10.9 Å². The molecule has 3 heterocycles. The fraction of sp³-hybridized carbons (Fsp3) is 0.435. The van der Waals surface area contributed by atoms with E-state index in [2.05, 4.69) is 57.5 Å². The van der Waals surface area contributed by atoms with Crippen molar-refractivity contribution in [2.45, 2.75) is 31.8 Å². The molecule has 1 aliphatic rings. The Morgan fingerprint density at radius 3 is 2.76 bits per heavy atom. The normalized spacial score (nSPS) is 17.0. The van der Waals surface area contributed by atoms with Gasteiger partial charge in [0, 0.05) is 50.8 Å². The molecule has 0 spiro atoms. The van der Waals surface area contributed by atoms with Crippen LogP contribution < -0.4 is 10.2 Å².